The molecule has 0 radical (unpaired) electrons. The summed E-state index contributed by atoms with van der Waals surface area (Å²) in [7, 11) is 0. The SMILES string of the molecule is CCN(Cc1ccccc1)C(=O)c1cnc(Nc2ccccc2F)nc1. The number of benzene rings is 2. The molecule has 26 heavy (non-hydrogen) atoms. The molecule has 0 fully saturated rings. The van der Waals surface area contributed by atoms with Crippen molar-refractivity contribution in [3.05, 3.63) is 83.9 Å². The minimum Gasteiger partial charge on any atom is -0.335 e. The number of nitrogens with zero attached hydrogens (tertiary/aromatic N) is 3. The zero-order valence-electron chi connectivity index (χ0n) is 14.4. The zero-order chi connectivity index (χ0) is 18.4. The molecule has 0 bridgehead atoms. The van der Waals surface area contributed by atoms with Crippen molar-refractivity contribution in [3.63, 3.8) is 0 Å². The predicted molar refractivity (Wildman–Crippen MR) is 98.6 cm³/mol. The van der Waals surface area contributed by atoms with E-state index in [4.69, 9.17) is 0 Å². The fourth-order valence-electron chi connectivity index (χ4n) is 2.50. The van der Waals surface area contributed by atoms with Crippen molar-refractivity contribution in [1.29, 1.82) is 0 Å². The number of hydrogen-bond donors (Lipinski definition) is 1. The first-order valence-corrected chi connectivity index (χ1v) is 8.34. The molecule has 0 aliphatic rings. The van der Waals surface area contributed by atoms with Crippen molar-refractivity contribution in [2.24, 2.45) is 0 Å². The average molecular weight is 350 g/mol. The predicted octanol–water partition coefficient (Wildman–Crippen LogP) is 4.02. The van der Waals surface area contributed by atoms with Gasteiger partial charge in [-0.3, -0.25) is 4.79 Å². The molecule has 5 nitrogen and oxygen atoms in total. The maximum absolute atomic E-state index is 13.7. The summed E-state index contributed by atoms with van der Waals surface area (Å²) >= 11 is 0. The number of para-hydroxylation sites is 1. The van der Waals surface area contributed by atoms with E-state index < -0.39 is 5.82 Å². The van der Waals surface area contributed by atoms with Gasteiger partial charge in [-0.05, 0) is 24.6 Å². The molecule has 1 amide bonds. The Labute approximate surface area is 151 Å². The molecular weight excluding hydrogens is 331 g/mol. The van der Waals surface area contributed by atoms with Crippen LogP contribution in [0.2, 0.25) is 0 Å². The maximum Gasteiger partial charge on any atom is 0.257 e. The Balaban J connectivity index is 1.70. The molecule has 0 aliphatic carbocycles. The van der Waals surface area contributed by atoms with Gasteiger partial charge in [0.25, 0.3) is 5.91 Å². The molecule has 0 unspecified atom stereocenters. The minimum atomic E-state index is -0.392. The van der Waals surface area contributed by atoms with Crippen LogP contribution in [0.3, 0.4) is 0 Å². The summed E-state index contributed by atoms with van der Waals surface area (Å²) in [6.45, 7) is 3.02. The summed E-state index contributed by atoms with van der Waals surface area (Å²) in [5.74, 6) is -0.303. The van der Waals surface area contributed by atoms with Gasteiger partial charge in [-0.15, -0.1) is 0 Å². The Morgan fingerprint density at radius 1 is 1.04 bits per heavy atom. The van der Waals surface area contributed by atoms with E-state index in [1.54, 1.807) is 23.1 Å². The van der Waals surface area contributed by atoms with Gasteiger partial charge in [-0.2, -0.15) is 0 Å². The fourth-order valence-corrected chi connectivity index (χ4v) is 2.50. The summed E-state index contributed by atoms with van der Waals surface area (Å²) in [6, 6.07) is 16.1. The maximum atomic E-state index is 13.7. The summed E-state index contributed by atoms with van der Waals surface area (Å²) in [5, 5.41) is 2.80. The lowest BCUT2D eigenvalue weighted by Crippen LogP contribution is -2.30. The second-order valence-electron chi connectivity index (χ2n) is 5.71. The van der Waals surface area contributed by atoms with Gasteiger partial charge in [0.1, 0.15) is 5.82 Å². The first-order chi connectivity index (χ1) is 12.7. The van der Waals surface area contributed by atoms with Gasteiger partial charge in [-0.1, -0.05) is 42.5 Å². The van der Waals surface area contributed by atoms with Crippen LogP contribution in [0.1, 0.15) is 22.8 Å². The van der Waals surface area contributed by atoms with Crippen LogP contribution in [0, 0.1) is 5.82 Å². The number of aromatic nitrogens is 2. The second kappa shape index (κ2) is 8.20. The molecule has 3 aromatic rings. The molecule has 3 rings (SSSR count). The van der Waals surface area contributed by atoms with E-state index in [0.717, 1.165) is 5.56 Å². The zero-order valence-corrected chi connectivity index (χ0v) is 14.4. The summed E-state index contributed by atoms with van der Waals surface area (Å²) in [4.78, 5) is 22.6. The Morgan fingerprint density at radius 2 is 1.69 bits per heavy atom. The van der Waals surface area contributed by atoms with Crippen molar-refractivity contribution in [2.75, 3.05) is 11.9 Å². The van der Waals surface area contributed by atoms with Crippen LogP contribution in [-0.4, -0.2) is 27.3 Å². The fraction of sp³-hybridized carbons (Fsp3) is 0.150. The van der Waals surface area contributed by atoms with E-state index in [1.807, 2.05) is 37.3 Å². The number of rotatable bonds is 6. The molecule has 1 N–H and O–H groups in total. The molecular formula is C20H19FN4O. The highest BCUT2D eigenvalue weighted by Crippen LogP contribution is 2.17. The molecule has 0 saturated heterocycles. The van der Waals surface area contributed by atoms with E-state index >= 15 is 0 Å². The van der Waals surface area contributed by atoms with Gasteiger partial charge in [-0.25, -0.2) is 14.4 Å². The van der Waals surface area contributed by atoms with Crippen LogP contribution < -0.4 is 5.32 Å². The normalized spacial score (nSPS) is 10.4. The third-order valence-corrected chi connectivity index (χ3v) is 3.90. The number of carbonyl (C=O) groups is 1. The molecule has 0 spiro atoms. The summed E-state index contributed by atoms with van der Waals surface area (Å²) in [6.07, 6.45) is 2.90. The minimum absolute atomic E-state index is 0.145. The van der Waals surface area contributed by atoms with Crippen molar-refractivity contribution in [3.8, 4) is 0 Å². The van der Waals surface area contributed by atoms with Gasteiger partial charge in [0, 0.05) is 25.5 Å². The number of nitrogens with one attached hydrogen (secondary N) is 1. The molecule has 2 aromatic carbocycles. The van der Waals surface area contributed by atoms with Crippen LogP contribution in [-0.2, 0) is 6.54 Å². The van der Waals surface area contributed by atoms with Crippen molar-refractivity contribution < 1.29 is 9.18 Å². The van der Waals surface area contributed by atoms with E-state index in [2.05, 4.69) is 15.3 Å². The highest BCUT2D eigenvalue weighted by Gasteiger charge is 2.15. The number of anilines is 2. The second-order valence-corrected chi connectivity index (χ2v) is 5.71. The number of halogens is 1. The molecule has 132 valence electrons. The standard InChI is InChI=1S/C20H19FN4O/c1-2-25(14-15-8-4-3-5-9-15)19(26)16-12-22-20(23-13-16)24-18-11-7-6-10-17(18)21/h3-13H,2,14H2,1H3,(H,22,23,24). The topological polar surface area (TPSA) is 58.1 Å². The lowest BCUT2D eigenvalue weighted by atomic mass is 10.2. The van der Waals surface area contributed by atoms with Crippen molar-refractivity contribution >= 4 is 17.5 Å². The average Bonchev–Trinajstić information content (AvgIpc) is 2.69. The molecule has 1 heterocycles. The van der Waals surface area contributed by atoms with E-state index in [1.165, 1.54) is 18.5 Å². The molecule has 0 atom stereocenters. The van der Waals surface area contributed by atoms with E-state index in [-0.39, 0.29) is 17.5 Å². The number of carbonyl (C=O) groups excluding carboxylic acids is 1. The van der Waals surface area contributed by atoms with Crippen molar-refractivity contribution in [1.82, 2.24) is 14.9 Å². The Kier molecular flexibility index (Phi) is 5.53. The molecule has 6 heteroatoms. The van der Waals surface area contributed by atoms with Gasteiger partial charge in [0.05, 0.1) is 11.3 Å². The van der Waals surface area contributed by atoms with Gasteiger partial charge in [0.15, 0.2) is 0 Å². The Bertz CT molecular complexity index is 868. The molecule has 0 saturated carbocycles. The van der Waals surface area contributed by atoms with Crippen LogP contribution >= 0.6 is 0 Å². The van der Waals surface area contributed by atoms with Gasteiger partial charge >= 0.3 is 0 Å². The first-order valence-electron chi connectivity index (χ1n) is 8.34. The van der Waals surface area contributed by atoms with Crippen LogP contribution in [0.25, 0.3) is 0 Å². The molecule has 0 aliphatic heterocycles. The van der Waals surface area contributed by atoms with Gasteiger partial charge in [0.2, 0.25) is 5.95 Å². The third-order valence-electron chi connectivity index (χ3n) is 3.90. The Morgan fingerprint density at radius 3 is 2.35 bits per heavy atom. The molecule has 1 aromatic heterocycles. The van der Waals surface area contributed by atoms with Crippen LogP contribution in [0.15, 0.2) is 67.0 Å². The third kappa shape index (κ3) is 4.22. The van der Waals surface area contributed by atoms with Crippen LogP contribution in [0.4, 0.5) is 16.0 Å². The quantitative estimate of drug-likeness (QED) is 0.729. The van der Waals surface area contributed by atoms with E-state index in [0.29, 0.717) is 18.7 Å². The largest absolute Gasteiger partial charge is 0.335 e. The number of amides is 1. The van der Waals surface area contributed by atoms with Gasteiger partial charge < -0.3 is 10.2 Å². The lowest BCUT2D eigenvalue weighted by Gasteiger charge is -2.20. The lowest BCUT2D eigenvalue weighted by molar-refractivity contribution is 0.0751. The first kappa shape index (κ1) is 17.5. The van der Waals surface area contributed by atoms with Crippen LogP contribution in [0.5, 0.6) is 0 Å². The smallest absolute Gasteiger partial charge is 0.257 e. The monoisotopic (exact) mass is 350 g/mol. The summed E-state index contributed by atoms with van der Waals surface area (Å²) < 4.78 is 13.7. The number of hydrogen-bond acceptors (Lipinski definition) is 4. The highest BCUT2D eigenvalue weighted by atomic mass is 19.1. The van der Waals surface area contributed by atoms with E-state index in [9.17, 15) is 9.18 Å². The highest BCUT2D eigenvalue weighted by molar-refractivity contribution is 5.93. The summed E-state index contributed by atoms with van der Waals surface area (Å²) in [5.41, 5.74) is 1.73. The van der Waals surface area contributed by atoms with Crippen molar-refractivity contribution in [2.45, 2.75) is 13.5 Å². The Hall–Kier alpha value is -3.28.